The van der Waals surface area contributed by atoms with Crippen molar-refractivity contribution >= 4 is 17.6 Å². The molecule has 1 heterocycles. The molecule has 0 radical (unpaired) electrons. The highest BCUT2D eigenvalue weighted by Gasteiger charge is 2.24. The van der Waals surface area contributed by atoms with E-state index in [4.69, 9.17) is 20.3 Å². The van der Waals surface area contributed by atoms with Crippen molar-refractivity contribution in [1.29, 1.82) is 10.8 Å². The molecule has 0 bridgehead atoms. The summed E-state index contributed by atoms with van der Waals surface area (Å²) in [5.41, 5.74) is 1.75. The third-order valence-corrected chi connectivity index (χ3v) is 3.79. The molecular formula is C19H25FN4O3. The second-order valence-electron chi connectivity index (χ2n) is 5.96. The summed E-state index contributed by atoms with van der Waals surface area (Å²) in [7, 11) is 0. The molecule has 0 spiro atoms. The zero-order valence-electron chi connectivity index (χ0n) is 15.4. The van der Waals surface area contributed by atoms with Gasteiger partial charge in [0.15, 0.2) is 6.29 Å². The normalized spacial score (nSPS) is 16.9. The van der Waals surface area contributed by atoms with Gasteiger partial charge in [0, 0.05) is 41.5 Å². The number of aliphatic hydroxyl groups excluding tert-OH is 1. The number of hydrogen-bond acceptors (Lipinski definition) is 7. The van der Waals surface area contributed by atoms with Crippen LogP contribution in [0.25, 0.3) is 0 Å². The van der Waals surface area contributed by atoms with Gasteiger partial charge in [-0.3, -0.25) is 0 Å². The van der Waals surface area contributed by atoms with Gasteiger partial charge in [-0.1, -0.05) is 0 Å². The van der Waals surface area contributed by atoms with E-state index >= 15 is 0 Å². The number of aliphatic hydroxyl groups is 1. The maximum absolute atomic E-state index is 13.7. The molecule has 1 aliphatic rings. The van der Waals surface area contributed by atoms with Gasteiger partial charge in [0.2, 0.25) is 0 Å². The fraction of sp³-hybridized carbons (Fsp3) is 0.368. The fourth-order valence-corrected chi connectivity index (χ4v) is 2.55. The first-order valence-corrected chi connectivity index (χ1v) is 8.64. The van der Waals surface area contributed by atoms with E-state index in [1.807, 2.05) is 6.92 Å². The number of halogens is 1. The molecule has 8 heteroatoms. The standard InChI is InChI=1S/C19H25FN4O3/c1-3-23-11-13(10-21)18(25)17(8-12(2)22)24-16-5-4-14(20)9-15(16)19-26-6-7-27-19/h4-5,8-11,18-19,21-25H,3,6-7H2,1-2H3/b13-11+,17-8-,21-10?,22-12?. The predicted molar refractivity (Wildman–Crippen MR) is 103 cm³/mol. The molecule has 146 valence electrons. The third-order valence-electron chi connectivity index (χ3n) is 3.79. The Morgan fingerprint density at radius 2 is 2.11 bits per heavy atom. The van der Waals surface area contributed by atoms with Crippen LogP contribution in [0.15, 0.2) is 41.7 Å². The third kappa shape index (κ3) is 5.72. The van der Waals surface area contributed by atoms with Gasteiger partial charge >= 0.3 is 0 Å². The Morgan fingerprint density at radius 3 is 2.70 bits per heavy atom. The van der Waals surface area contributed by atoms with E-state index in [2.05, 4.69) is 10.6 Å². The molecule has 5 N–H and O–H groups in total. The van der Waals surface area contributed by atoms with E-state index in [9.17, 15) is 9.50 Å². The summed E-state index contributed by atoms with van der Waals surface area (Å²) in [5, 5.41) is 32.0. The summed E-state index contributed by atoms with van der Waals surface area (Å²) in [6, 6.07) is 4.12. The van der Waals surface area contributed by atoms with Crippen molar-refractivity contribution in [1.82, 2.24) is 5.32 Å². The minimum Gasteiger partial charge on any atom is -0.391 e. The number of rotatable bonds is 9. The first-order valence-electron chi connectivity index (χ1n) is 8.64. The molecule has 0 aromatic heterocycles. The highest BCUT2D eigenvalue weighted by atomic mass is 19.1. The average Bonchev–Trinajstić information content (AvgIpc) is 3.17. The van der Waals surface area contributed by atoms with Crippen LogP contribution in [0.1, 0.15) is 25.7 Å². The average molecular weight is 376 g/mol. The van der Waals surface area contributed by atoms with Crippen molar-refractivity contribution in [3.8, 4) is 0 Å². The molecule has 1 atom stereocenters. The van der Waals surface area contributed by atoms with E-state index in [-0.39, 0.29) is 11.4 Å². The summed E-state index contributed by atoms with van der Waals surface area (Å²) in [5.74, 6) is -0.434. The molecule has 0 saturated carbocycles. The lowest BCUT2D eigenvalue weighted by molar-refractivity contribution is -0.0437. The molecule has 0 aliphatic carbocycles. The molecule has 1 aromatic rings. The van der Waals surface area contributed by atoms with Crippen molar-refractivity contribution in [2.75, 3.05) is 25.1 Å². The second kappa shape index (κ2) is 9.96. The van der Waals surface area contributed by atoms with Crippen LogP contribution >= 0.6 is 0 Å². The minimum atomic E-state index is -1.18. The van der Waals surface area contributed by atoms with Gasteiger partial charge in [0.25, 0.3) is 0 Å². The van der Waals surface area contributed by atoms with Crippen LogP contribution in [0.3, 0.4) is 0 Å². The highest BCUT2D eigenvalue weighted by molar-refractivity contribution is 5.92. The zero-order chi connectivity index (χ0) is 19.8. The van der Waals surface area contributed by atoms with Crippen LogP contribution in [0.2, 0.25) is 0 Å². The van der Waals surface area contributed by atoms with Crippen LogP contribution < -0.4 is 10.6 Å². The predicted octanol–water partition coefficient (Wildman–Crippen LogP) is 2.71. The van der Waals surface area contributed by atoms with Crippen molar-refractivity contribution in [3.05, 3.63) is 53.1 Å². The smallest absolute Gasteiger partial charge is 0.186 e. The van der Waals surface area contributed by atoms with Gasteiger partial charge in [-0.25, -0.2) is 4.39 Å². The molecule has 1 aromatic carbocycles. The highest BCUT2D eigenvalue weighted by Crippen LogP contribution is 2.31. The zero-order valence-corrected chi connectivity index (χ0v) is 15.4. The molecule has 1 fully saturated rings. The van der Waals surface area contributed by atoms with Crippen LogP contribution in [0, 0.1) is 16.6 Å². The van der Waals surface area contributed by atoms with Gasteiger partial charge < -0.3 is 36.0 Å². The van der Waals surface area contributed by atoms with E-state index in [0.29, 0.717) is 36.6 Å². The van der Waals surface area contributed by atoms with Crippen LogP contribution in [0.4, 0.5) is 10.1 Å². The largest absolute Gasteiger partial charge is 0.391 e. The monoisotopic (exact) mass is 376 g/mol. The van der Waals surface area contributed by atoms with Gasteiger partial charge in [-0.15, -0.1) is 0 Å². The molecule has 1 unspecified atom stereocenters. The van der Waals surface area contributed by atoms with E-state index in [0.717, 1.165) is 6.21 Å². The quantitative estimate of drug-likeness (QED) is 0.426. The second-order valence-corrected chi connectivity index (χ2v) is 5.96. The van der Waals surface area contributed by atoms with Crippen molar-refractivity contribution in [2.24, 2.45) is 0 Å². The fourth-order valence-electron chi connectivity index (χ4n) is 2.55. The summed E-state index contributed by atoms with van der Waals surface area (Å²) in [4.78, 5) is 0. The molecule has 2 rings (SSSR count). The van der Waals surface area contributed by atoms with E-state index in [1.54, 1.807) is 13.1 Å². The van der Waals surface area contributed by atoms with Crippen molar-refractivity contribution < 1.29 is 19.0 Å². The maximum atomic E-state index is 13.7. The maximum Gasteiger partial charge on any atom is 0.186 e. The lowest BCUT2D eigenvalue weighted by atomic mass is 10.1. The Hall–Kier alpha value is -2.55. The van der Waals surface area contributed by atoms with Gasteiger partial charge in [0.1, 0.15) is 11.9 Å². The number of anilines is 1. The van der Waals surface area contributed by atoms with Crippen molar-refractivity contribution in [3.63, 3.8) is 0 Å². The Labute approximate surface area is 157 Å². The molecule has 27 heavy (non-hydrogen) atoms. The minimum absolute atomic E-state index is 0.210. The van der Waals surface area contributed by atoms with E-state index in [1.165, 1.54) is 24.3 Å². The molecule has 1 saturated heterocycles. The van der Waals surface area contributed by atoms with Gasteiger partial charge in [-0.05, 0) is 38.1 Å². The Morgan fingerprint density at radius 1 is 1.41 bits per heavy atom. The SMILES string of the molecule is CCN/C=C(\C=N)C(O)/C(=C/C(C)=N)Nc1ccc(F)cc1C1OCCO1. The van der Waals surface area contributed by atoms with Crippen molar-refractivity contribution in [2.45, 2.75) is 26.2 Å². The summed E-state index contributed by atoms with van der Waals surface area (Å²) < 4.78 is 24.7. The number of benzene rings is 1. The first-order chi connectivity index (χ1) is 13.0. The molecular weight excluding hydrogens is 351 g/mol. The Bertz CT molecular complexity index is 742. The summed E-state index contributed by atoms with van der Waals surface area (Å²) in [6.45, 7) is 4.93. The van der Waals surface area contributed by atoms with Gasteiger partial charge in [-0.2, -0.15) is 0 Å². The van der Waals surface area contributed by atoms with Crippen LogP contribution in [0.5, 0.6) is 0 Å². The Kier molecular flexibility index (Phi) is 7.66. The summed E-state index contributed by atoms with van der Waals surface area (Å²) in [6.07, 6.45) is 2.16. The van der Waals surface area contributed by atoms with Crippen LogP contribution in [-0.4, -0.2) is 42.9 Å². The molecule has 1 aliphatic heterocycles. The first kappa shape index (κ1) is 20.8. The number of allylic oxidation sites excluding steroid dienone is 1. The Balaban J connectivity index is 2.37. The molecule has 0 amide bonds. The van der Waals surface area contributed by atoms with Gasteiger partial charge in [0.05, 0.1) is 18.9 Å². The number of nitrogens with one attached hydrogen (secondary N) is 4. The van der Waals surface area contributed by atoms with E-state index < -0.39 is 18.2 Å². The lowest BCUT2D eigenvalue weighted by Gasteiger charge is -2.21. The summed E-state index contributed by atoms with van der Waals surface area (Å²) >= 11 is 0. The lowest BCUT2D eigenvalue weighted by Crippen LogP contribution is -2.23. The topological polar surface area (TPSA) is 110 Å². The molecule has 7 nitrogen and oxygen atoms in total. The number of ether oxygens (including phenoxy) is 2. The number of hydrogen-bond donors (Lipinski definition) is 5. The van der Waals surface area contributed by atoms with Crippen LogP contribution in [-0.2, 0) is 9.47 Å².